The van der Waals surface area contributed by atoms with Crippen LogP contribution in [0.2, 0.25) is 0 Å². The highest BCUT2D eigenvalue weighted by Crippen LogP contribution is 2.32. The summed E-state index contributed by atoms with van der Waals surface area (Å²) >= 11 is 0. The van der Waals surface area contributed by atoms with Crippen molar-refractivity contribution in [2.24, 2.45) is 0 Å². The molecule has 3 heterocycles. The Hall–Kier alpha value is -3.81. The molecule has 0 spiro atoms. The maximum Gasteiger partial charge on any atom is 0.319 e. The number of hydrogen-bond donors (Lipinski definition) is 5. The summed E-state index contributed by atoms with van der Waals surface area (Å²) in [5, 5.41) is 27.1. The quantitative estimate of drug-likeness (QED) is 0.246. The molecule has 6 N–H and O–H groups in total. The minimum atomic E-state index is -1.28. The van der Waals surface area contributed by atoms with E-state index in [-0.39, 0.29) is 36.1 Å². The number of nitrogen functional groups attached to an aromatic ring is 1. The maximum atomic E-state index is 12.7. The number of hydrogen-bond acceptors (Lipinski definition) is 9. The van der Waals surface area contributed by atoms with Gasteiger partial charge in [-0.1, -0.05) is 39.8 Å². The summed E-state index contributed by atoms with van der Waals surface area (Å²) in [6, 6.07) is 7.37. The molecule has 0 bridgehead atoms. The van der Waals surface area contributed by atoms with Gasteiger partial charge in [0.25, 0.3) is 0 Å². The molecule has 1 fully saturated rings. The van der Waals surface area contributed by atoms with Crippen LogP contribution < -0.4 is 16.4 Å². The smallest absolute Gasteiger partial charge is 0.319 e. The van der Waals surface area contributed by atoms with E-state index in [9.17, 15) is 19.8 Å². The van der Waals surface area contributed by atoms with Gasteiger partial charge in [0.15, 0.2) is 17.7 Å². The molecule has 0 saturated carbocycles. The Balaban J connectivity index is 1.30. The van der Waals surface area contributed by atoms with Crippen molar-refractivity contribution in [1.82, 2.24) is 29.7 Å². The number of ether oxygens (including phenoxy) is 1. The predicted molar refractivity (Wildman–Crippen MR) is 149 cm³/mol. The minimum Gasteiger partial charge on any atom is -0.387 e. The number of carbonyl (C=O) groups excluding carboxylic acids is 2. The molecule has 4 rings (SSSR count). The molecule has 40 heavy (non-hydrogen) atoms. The number of amides is 3. The standard InChI is InChI=1S/C27H38N8O5/c1-5-19(36)34(12-6-11-29-26(39)33-17-9-7-16(8-10-17)27(2,3)4)13-18-21(37)22(38)25(40-18)35-15-32-20-23(28)30-14-31-24(20)35/h7-10,14-15,18,21-22,25,37-38H,5-6,11-13H2,1-4H3,(H2,28,30,31)(H2,29,33,39)/t18-,21-,22-,25-/m1/s1. The van der Waals surface area contributed by atoms with Gasteiger partial charge < -0.3 is 36.2 Å². The molecule has 3 aromatic rings. The van der Waals surface area contributed by atoms with E-state index >= 15 is 0 Å². The second kappa shape index (κ2) is 12.1. The van der Waals surface area contributed by atoms with Crippen molar-refractivity contribution in [1.29, 1.82) is 0 Å². The summed E-state index contributed by atoms with van der Waals surface area (Å²) in [5.41, 5.74) is 8.46. The van der Waals surface area contributed by atoms with Gasteiger partial charge in [-0.15, -0.1) is 0 Å². The second-order valence-corrected chi connectivity index (χ2v) is 10.9. The summed E-state index contributed by atoms with van der Waals surface area (Å²) in [5.74, 6) is 0.0551. The van der Waals surface area contributed by atoms with Crippen molar-refractivity contribution in [3.63, 3.8) is 0 Å². The zero-order valence-electron chi connectivity index (χ0n) is 23.2. The Bertz CT molecular complexity index is 1320. The third kappa shape index (κ3) is 6.49. The third-order valence-corrected chi connectivity index (χ3v) is 6.95. The van der Waals surface area contributed by atoms with Crippen LogP contribution in [0.15, 0.2) is 36.9 Å². The Labute approximate surface area is 232 Å². The molecule has 1 aliphatic heterocycles. The predicted octanol–water partition coefficient (Wildman–Crippen LogP) is 1.78. The molecule has 0 aliphatic carbocycles. The molecule has 1 saturated heterocycles. The van der Waals surface area contributed by atoms with Gasteiger partial charge in [0.05, 0.1) is 6.33 Å². The first-order valence-corrected chi connectivity index (χ1v) is 13.4. The topological polar surface area (TPSA) is 181 Å². The largest absolute Gasteiger partial charge is 0.387 e. The molecule has 13 heteroatoms. The van der Waals surface area contributed by atoms with Gasteiger partial charge in [0.2, 0.25) is 5.91 Å². The number of aliphatic hydroxyl groups is 2. The van der Waals surface area contributed by atoms with Crippen LogP contribution in [0, 0.1) is 0 Å². The Morgan fingerprint density at radius 2 is 1.85 bits per heavy atom. The molecular formula is C27H38N8O5. The van der Waals surface area contributed by atoms with Crippen LogP contribution in [0.4, 0.5) is 16.3 Å². The lowest BCUT2D eigenvalue weighted by Crippen LogP contribution is -2.43. The van der Waals surface area contributed by atoms with E-state index in [1.54, 1.807) is 11.8 Å². The van der Waals surface area contributed by atoms with E-state index in [2.05, 4.69) is 46.4 Å². The molecule has 13 nitrogen and oxygen atoms in total. The lowest BCUT2D eigenvalue weighted by molar-refractivity contribution is -0.134. The number of nitrogens with two attached hydrogens (primary N) is 1. The molecular weight excluding hydrogens is 516 g/mol. The van der Waals surface area contributed by atoms with E-state index in [0.29, 0.717) is 36.4 Å². The van der Waals surface area contributed by atoms with Crippen LogP contribution in [0.25, 0.3) is 11.2 Å². The highest BCUT2D eigenvalue weighted by molar-refractivity contribution is 5.89. The molecule has 1 aliphatic rings. The van der Waals surface area contributed by atoms with E-state index in [1.165, 1.54) is 22.8 Å². The van der Waals surface area contributed by atoms with Gasteiger partial charge >= 0.3 is 6.03 Å². The van der Waals surface area contributed by atoms with E-state index in [0.717, 1.165) is 0 Å². The van der Waals surface area contributed by atoms with Crippen molar-refractivity contribution in [3.8, 4) is 0 Å². The molecule has 4 atom stereocenters. The average Bonchev–Trinajstić information content (AvgIpc) is 3.47. The van der Waals surface area contributed by atoms with Crippen LogP contribution in [-0.4, -0.2) is 84.5 Å². The number of nitrogens with zero attached hydrogens (tertiary/aromatic N) is 5. The highest BCUT2D eigenvalue weighted by atomic mass is 16.6. The number of fused-ring (bicyclic) bond motifs is 1. The summed E-state index contributed by atoms with van der Waals surface area (Å²) in [4.78, 5) is 38.8. The molecule has 3 amide bonds. The molecule has 1 aromatic carbocycles. The van der Waals surface area contributed by atoms with Gasteiger partial charge in [-0.25, -0.2) is 19.7 Å². The monoisotopic (exact) mass is 554 g/mol. The van der Waals surface area contributed by atoms with Gasteiger partial charge in [-0.2, -0.15) is 0 Å². The first kappa shape index (κ1) is 29.2. The Morgan fingerprint density at radius 3 is 2.52 bits per heavy atom. The van der Waals surface area contributed by atoms with Crippen molar-refractivity contribution >= 4 is 34.6 Å². The van der Waals surface area contributed by atoms with Crippen molar-refractivity contribution in [2.75, 3.05) is 30.7 Å². The first-order valence-electron chi connectivity index (χ1n) is 13.4. The van der Waals surface area contributed by atoms with Gasteiger partial charge in [0.1, 0.15) is 30.2 Å². The van der Waals surface area contributed by atoms with Crippen molar-refractivity contribution < 1.29 is 24.5 Å². The number of nitrogens with one attached hydrogen (secondary N) is 2. The number of benzene rings is 1. The molecule has 2 aromatic heterocycles. The number of anilines is 2. The number of rotatable bonds is 9. The van der Waals surface area contributed by atoms with E-state index < -0.39 is 24.5 Å². The summed E-state index contributed by atoms with van der Waals surface area (Å²) < 4.78 is 7.48. The van der Waals surface area contributed by atoms with E-state index in [4.69, 9.17) is 10.5 Å². The number of aromatic nitrogens is 4. The lowest BCUT2D eigenvalue weighted by atomic mass is 9.87. The molecule has 216 valence electrons. The fourth-order valence-corrected chi connectivity index (χ4v) is 4.63. The first-order chi connectivity index (χ1) is 19.0. The number of imidazole rings is 1. The normalized spacial score (nSPS) is 20.9. The van der Waals surface area contributed by atoms with Gasteiger partial charge in [-0.3, -0.25) is 9.36 Å². The third-order valence-electron chi connectivity index (χ3n) is 6.95. The minimum absolute atomic E-state index is 0.0263. The number of carbonyl (C=O) groups is 2. The average molecular weight is 555 g/mol. The second-order valence-electron chi connectivity index (χ2n) is 10.9. The van der Waals surface area contributed by atoms with Crippen molar-refractivity contribution in [3.05, 3.63) is 42.5 Å². The van der Waals surface area contributed by atoms with Crippen molar-refractivity contribution in [2.45, 2.75) is 70.5 Å². The van der Waals surface area contributed by atoms with Gasteiger partial charge in [-0.05, 0) is 29.5 Å². The zero-order chi connectivity index (χ0) is 29.0. The fraction of sp³-hybridized carbons (Fsp3) is 0.519. The number of urea groups is 1. The van der Waals surface area contributed by atoms with Gasteiger partial charge in [0, 0.05) is 31.7 Å². The fourth-order valence-electron chi connectivity index (χ4n) is 4.63. The molecule has 0 radical (unpaired) electrons. The van der Waals surface area contributed by atoms with Crippen LogP contribution in [0.3, 0.4) is 0 Å². The maximum absolute atomic E-state index is 12.7. The SMILES string of the molecule is CCC(=O)N(CCCNC(=O)Nc1ccc(C(C)(C)C)cc1)C[C@H]1O[C@@H](n2cnc3c(N)ncnc32)[C@H](O)[C@@H]1O. The summed E-state index contributed by atoms with van der Waals surface area (Å²) in [7, 11) is 0. The Kier molecular flexibility index (Phi) is 8.86. The van der Waals surface area contributed by atoms with Crippen LogP contribution in [0.1, 0.15) is 52.3 Å². The number of aliphatic hydroxyl groups excluding tert-OH is 2. The lowest BCUT2D eigenvalue weighted by Gasteiger charge is -2.26. The molecule has 0 unspecified atom stereocenters. The Morgan fingerprint density at radius 1 is 1.12 bits per heavy atom. The highest BCUT2D eigenvalue weighted by Gasteiger charge is 2.45. The van der Waals surface area contributed by atoms with Crippen LogP contribution in [-0.2, 0) is 14.9 Å². The van der Waals surface area contributed by atoms with E-state index in [1.807, 2.05) is 24.3 Å². The summed E-state index contributed by atoms with van der Waals surface area (Å²) in [6.07, 6.45) is -0.899. The zero-order valence-corrected chi connectivity index (χ0v) is 23.2. The summed E-state index contributed by atoms with van der Waals surface area (Å²) in [6.45, 7) is 8.86. The van der Waals surface area contributed by atoms with Crippen LogP contribution >= 0.6 is 0 Å². The van der Waals surface area contributed by atoms with Crippen LogP contribution in [0.5, 0.6) is 0 Å².